The summed E-state index contributed by atoms with van der Waals surface area (Å²) in [4.78, 5) is 28.6. The zero-order valence-corrected chi connectivity index (χ0v) is 27.0. The Hall–Kier alpha value is -2.96. The predicted octanol–water partition coefficient (Wildman–Crippen LogP) is 7.37. The first-order chi connectivity index (χ1) is 20.4. The summed E-state index contributed by atoms with van der Waals surface area (Å²) in [6.07, 6.45) is 8.64. The summed E-state index contributed by atoms with van der Waals surface area (Å²) < 4.78 is 1.37. The second-order valence-electron chi connectivity index (χ2n) is 11.5. The van der Waals surface area contributed by atoms with Crippen LogP contribution in [0.3, 0.4) is 0 Å². The molecule has 8 nitrogen and oxygen atoms in total. The van der Waals surface area contributed by atoms with Crippen molar-refractivity contribution in [3.05, 3.63) is 52.6 Å². The molecule has 9 heteroatoms. The molecule has 2 aliphatic heterocycles. The van der Waals surface area contributed by atoms with Gasteiger partial charge in [0.1, 0.15) is 16.4 Å². The van der Waals surface area contributed by atoms with Crippen LogP contribution in [0.2, 0.25) is 0 Å². The lowest BCUT2D eigenvalue weighted by molar-refractivity contribution is 0.0821. The van der Waals surface area contributed by atoms with Gasteiger partial charge in [0, 0.05) is 37.5 Å². The van der Waals surface area contributed by atoms with Gasteiger partial charge in [-0.2, -0.15) is 9.94 Å². The van der Waals surface area contributed by atoms with E-state index in [9.17, 15) is 10.1 Å². The van der Waals surface area contributed by atoms with E-state index in [4.69, 9.17) is 15.1 Å². The fourth-order valence-corrected chi connectivity index (χ4v) is 7.14. The van der Waals surface area contributed by atoms with E-state index in [-0.39, 0.29) is 17.3 Å². The molecule has 226 valence electrons. The minimum atomic E-state index is -0.854. The number of aliphatic imine (C=N–C) groups is 1. The van der Waals surface area contributed by atoms with Crippen molar-refractivity contribution in [3.8, 4) is 6.07 Å². The minimum absolute atomic E-state index is 0.108. The van der Waals surface area contributed by atoms with Crippen molar-refractivity contribution < 1.29 is 4.79 Å². The van der Waals surface area contributed by atoms with Crippen LogP contribution >= 0.6 is 11.8 Å². The highest BCUT2D eigenvalue weighted by Crippen LogP contribution is 2.45. The molecule has 3 heterocycles. The van der Waals surface area contributed by atoms with Crippen molar-refractivity contribution in [3.63, 3.8) is 0 Å². The van der Waals surface area contributed by atoms with Crippen LogP contribution in [0.15, 0.2) is 40.4 Å². The van der Waals surface area contributed by atoms with Gasteiger partial charge in [0.05, 0.1) is 17.5 Å². The van der Waals surface area contributed by atoms with Gasteiger partial charge in [-0.15, -0.1) is 5.10 Å². The number of carbonyl (C=O) groups is 1. The molecule has 4 unspecified atom stereocenters. The molecular formula is C33H47N7OS. The van der Waals surface area contributed by atoms with Gasteiger partial charge < -0.3 is 4.90 Å². The predicted molar refractivity (Wildman–Crippen MR) is 172 cm³/mol. The Morgan fingerprint density at radius 3 is 2.33 bits per heavy atom. The molecule has 0 spiro atoms. The normalized spacial score (nSPS) is 22.2. The first-order valence-electron chi connectivity index (χ1n) is 15.8. The van der Waals surface area contributed by atoms with E-state index < -0.39 is 11.8 Å². The SMILES string of the molecule is CCCCC(CC)c1nc2n(n1)C(=O)C(C#N)C(C)/C2=N\C1=C(c2ccccc2)N(C)C(N(CCCC)CCCC)S1. The Labute approximate surface area is 256 Å². The standard InChI is InChI=1S/C33H47N7OS/c1-7-11-17-24(10-4)29-36-30-27(23(5)26(22-34)32(41)40(30)37-29)35-31-28(25-18-15-14-16-19-25)38(6)33(42-31)39(20-12-8-2)21-13-9-3/h14-16,18-19,23-24,26,33H,7-13,17,20-21H2,1-6H3/b35-27+. The van der Waals surface area contributed by atoms with Crippen molar-refractivity contribution in [2.75, 3.05) is 20.1 Å². The van der Waals surface area contributed by atoms with Crippen LogP contribution in [0.25, 0.3) is 5.70 Å². The fourth-order valence-electron chi connectivity index (χ4n) is 5.80. The number of nitrogens with zero attached hydrogens (tertiary/aromatic N) is 7. The van der Waals surface area contributed by atoms with Crippen LogP contribution in [-0.2, 0) is 0 Å². The Balaban J connectivity index is 1.83. The van der Waals surface area contributed by atoms with Crippen LogP contribution in [0.5, 0.6) is 0 Å². The molecule has 0 saturated heterocycles. The largest absolute Gasteiger partial charge is 0.347 e. The molecule has 42 heavy (non-hydrogen) atoms. The molecule has 1 aromatic heterocycles. The topological polar surface area (TPSA) is 90.4 Å². The van der Waals surface area contributed by atoms with Gasteiger partial charge in [0.2, 0.25) is 0 Å². The Bertz CT molecular complexity index is 1300. The molecule has 0 amide bonds. The third-order valence-corrected chi connectivity index (χ3v) is 9.78. The summed E-state index contributed by atoms with van der Waals surface area (Å²) in [6.45, 7) is 12.8. The lowest BCUT2D eigenvalue weighted by Gasteiger charge is -2.34. The van der Waals surface area contributed by atoms with Crippen LogP contribution in [0.1, 0.15) is 114 Å². The summed E-state index contributed by atoms with van der Waals surface area (Å²) >= 11 is 1.76. The summed E-state index contributed by atoms with van der Waals surface area (Å²) in [5.74, 6) is -0.205. The quantitative estimate of drug-likeness (QED) is 0.227. The second-order valence-corrected chi connectivity index (χ2v) is 12.5. The molecule has 4 rings (SSSR count). The van der Waals surface area contributed by atoms with E-state index in [1.807, 2.05) is 13.0 Å². The average Bonchev–Trinajstić information content (AvgIpc) is 3.58. The summed E-state index contributed by atoms with van der Waals surface area (Å²) in [5.41, 5.74) is 2.94. The average molecular weight is 590 g/mol. The van der Waals surface area contributed by atoms with Gasteiger partial charge in [-0.05, 0) is 25.7 Å². The van der Waals surface area contributed by atoms with Crippen molar-refractivity contribution in [1.82, 2.24) is 24.6 Å². The van der Waals surface area contributed by atoms with Gasteiger partial charge in [0.25, 0.3) is 5.91 Å². The number of hydrogen-bond acceptors (Lipinski definition) is 8. The zero-order chi connectivity index (χ0) is 30.2. The van der Waals surface area contributed by atoms with Crippen LogP contribution in [0.4, 0.5) is 0 Å². The van der Waals surface area contributed by atoms with Gasteiger partial charge in [-0.25, -0.2) is 9.98 Å². The zero-order valence-electron chi connectivity index (χ0n) is 26.2. The van der Waals surface area contributed by atoms with E-state index in [2.05, 4.69) is 74.9 Å². The van der Waals surface area contributed by atoms with Crippen LogP contribution in [-0.4, -0.2) is 61.8 Å². The highest BCUT2D eigenvalue weighted by Gasteiger charge is 2.42. The first kappa shape index (κ1) is 32.0. The molecule has 2 aromatic rings. The molecule has 0 radical (unpaired) electrons. The van der Waals surface area contributed by atoms with Crippen molar-refractivity contribution in [1.29, 1.82) is 5.26 Å². The van der Waals surface area contributed by atoms with E-state index in [1.54, 1.807) is 11.8 Å². The number of rotatable bonds is 14. The van der Waals surface area contributed by atoms with E-state index >= 15 is 0 Å². The van der Waals surface area contributed by atoms with Crippen molar-refractivity contribution >= 4 is 29.1 Å². The number of benzene rings is 1. The first-order valence-corrected chi connectivity index (χ1v) is 16.7. The fraction of sp³-hybridized carbons (Fsp3) is 0.606. The molecule has 0 saturated carbocycles. The number of hydrogen-bond donors (Lipinski definition) is 0. The number of thioether (sulfide) groups is 1. The van der Waals surface area contributed by atoms with E-state index in [0.717, 1.165) is 80.7 Å². The number of nitriles is 1. The van der Waals surface area contributed by atoms with E-state index in [0.29, 0.717) is 17.4 Å². The number of carbonyl (C=O) groups excluding carboxylic acids is 1. The highest BCUT2D eigenvalue weighted by molar-refractivity contribution is 8.04. The van der Waals surface area contributed by atoms with Crippen molar-refractivity contribution in [2.24, 2.45) is 16.8 Å². The maximum absolute atomic E-state index is 13.4. The molecule has 1 aromatic carbocycles. The monoisotopic (exact) mass is 589 g/mol. The maximum atomic E-state index is 13.4. The Morgan fingerprint density at radius 1 is 1.07 bits per heavy atom. The molecule has 0 bridgehead atoms. The number of fused-ring (bicyclic) bond motifs is 1. The molecule has 0 fully saturated rings. The number of aromatic nitrogens is 3. The lowest BCUT2D eigenvalue weighted by atomic mass is 9.87. The number of unbranched alkanes of at least 4 members (excludes halogenated alkanes) is 3. The van der Waals surface area contributed by atoms with Gasteiger partial charge in [0.15, 0.2) is 11.6 Å². The van der Waals surface area contributed by atoms with Crippen molar-refractivity contribution in [2.45, 2.75) is 97.4 Å². The second kappa shape index (κ2) is 15.0. The summed E-state index contributed by atoms with van der Waals surface area (Å²) in [5, 5.41) is 15.6. The van der Waals surface area contributed by atoms with Crippen LogP contribution in [0, 0.1) is 23.2 Å². The molecule has 2 aliphatic rings. The maximum Gasteiger partial charge on any atom is 0.266 e. The summed E-state index contributed by atoms with van der Waals surface area (Å²) in [6, 6.07) is 12.7. The van der Waals surface area contributed by atoms with E-state index in [1.165, 1.54) is 4.68 Å². The molecular weight excluding hydrogens is 542 g/mol. The van der Waals surface area contributed by atoms with Crippen LogP contribution < -0.4 is 0 Å². The molecule has 0 aliphatic carbocycles. The summed E-state index contributed by atoms with van der Waals surface area (Å²) in [7, 11) is 2.16. The van der Waals surface area contributed by atoms with Gasteiger partial charge >= 0.3 is 0 Å². The third kappa shape index (κ3) is 6.65. The lowest BCUT2D eigenvalue weighted by Crippen LogP contribution is -2.42. The molecule has 0 N–H and O–H groups in total. The smallest absolute Gasteiger partial charge is 0.266 e. The minimum Gasteiger partial charge on any atom is -0.347 e. The Morgan fingerprint density at radius 2 is 1.74 bits per heavy atom. The molecule has 4 atom stereocenters. The highest BCUT2D eigenvalue weighted by atomic mass is 32.2. The Kier molecular flexibility index (Phi) is 11.4. The third-order valence-electron chi connectivity index (χ3n) is 8.44. The van der Waals surface area contributed by atoms with Gasteiger partial charge in [-0.1, -0.05) is 102 Å². The van der Waals surface area contributed by atoms with Gasteiger partial charge in [-0.3, -0.25) is 9.69 Å².